The number of hydrogen-bond donors (Lipinski definition) is 0. The van der Waals surface area contributed by atoms with Crippen LogP contribution in [0.1, 0.15) is 43.0 Å². The molecule has 3 rings (SSSR count). The predicted octanol–water partition coefficient (Wildman–Crippen LogP) is 5.31. The van der Waals surface area contributed by atoms with Crippen LogP contribution < -0.4 is 4.90 Å². The maximum Gasteiger partial charge on any atom is 0.0691 e. The lowest BCUT2D eigenvalue weighted by Gasteiger charge is -2.20. The molecular formula is C20H23N2P. The van der Waals surface area contributed by atoms with E-state index in [2.05, 4.69) is 69.0 Å². The fraction of sp³-hybridized carbons (Fsp3) is 0.300. The normalized spacial score (nSPS) is 13.2. The summed E-state index contributed by atoms with van der Waals surface area (Å²) in [5.74, 6) is 0. The highest BCUT2D eigenvalue weighted by atomic mass is 31.0. The first kappa shape index (κ1) is 16.0. The lowest BCUT2D eigenvalue weighted by atomic mass is 10.1. The van der Waals surface area contributed by atoms with Crippen LogP contribution >= 0.6 is 8.86 Å². The number of benzene rings is 2. The van der Waals surface area contributed by atoms with Crippen molar-refractivity contribution in [1.29, 1.82) is 0 Å². The third-order valence-corrected chi connectivity index (χ3v) is 4.82. The number of fused-ring (bicyclic) bond motifs is 1. The minimum Gasteiger partial charge on any atom is -0.333 e. The number of rotatable bonds is 3. The van der Waals surface area contributed by atoms with E-state index in [1.807, 2.05) is 13.8 Å². The van der Waals surface area contributed by atoms with Crippen molar-refractivity contribution in [2.75, 3.05) is 4.90 Å². The Balaban J connectivity index is 1.98. The Morgan fingerprint density at radius 1 is 1.17 bits per heavy atom. The van der Waals surface area contributed by atoms with E-state index in [1.165, 1.54) is 27.9 Å². The molecule has 2 aromatic carbocycles. The van der Waals surface area contributed by atoms with Gasteiger partial charge in [-0.1, -0.05) is 34.0 Å². The van der Waals surface area contributed by atoms with E-state index in [0.29, 0.717) is 0 Å². The first-order valence-electron chi connectivity index (χ1n) is 8.10. The van der Waals surface area contributed by atoms with Gasteiger partial charge in [0, 0.05) is 23.5 Å². The summed E-state index contributed by atoms with van der Waals surface area (Å²) in [6, 6.07) is 13.3. The van der Waals surface area contributed by atoms with Gasteiger partial charge in [-0.15, -0.1) is 0 Å². The van der Waals surface area contributed by atoms with Crippen LogP contribution in [-0.4, -0.2) is 11.1 Å². The molecule has 2 nitrogen and oxygen atoms in total. The maximum absolute atomic E-state index is 4.66. The molecule has 3 heteroatoms. The second-order valence-electron chi connectivity index (χ2n) is 6.31. The third kappa shape index (κ3) is 3.09. The van der Waals surface area contributed by atoms with Crippen LogP contribution in [0.3, 0.4) is 0 Å². The quantitative estimate of drug-likeness (QED) is 0.552. The number of aliphatic imine (C=N–C) groups is 1. The van der Waals surface area contributed by atoms with Crippen LogP contribution in [-0.2, 0) is 13.0 Å². The first-order valence-corrected chi connectivity index (χ1v) is 8.60. The van der Waals surface area contributed by atoms with E-state index in [4.69, 9.17) is 0 Å². The molecule has 1 aliphatic rings. The first-order chi connectivity index (χ1) is 11.0. The van der Waals surface area contributed by atoms with Crippen LogP contribution in [0.15, 0.2) is 41.4 Å². The molecule has 0 aliphatic carbocycles. The van der Waals surface area contributed by atoms with Gasteiger partial charge in [0.05, 0.1) is 11.1 Å². The van der Waals surface area contributed by atoms with Gasteiger partial charge in [-0.3, -0.25) is 4.99 Å². The Morgan fingerprint density at radius 3 is 2.65 bits per heavy atom. The molecule has 0 N–H and O–H groups in total. The molecule has 0 radical (unpaired) electrons. The SMILES string of the molecule is CCc1ccc2c(c1)C(=P)N(c1ccc(C)c(N=C(C)C)c1)C2. The number of anilines is 1. The van der Waals surface area contributed by atoms with Crippen molar-refractivity contribution in [3.63, 3.8) is 0 Å². The largest absolute Gasteiger partial charge is 0.333 e. The lowest BCUT2D eigenvalue weighted by Crippen LogP contribution is -2.21. The van der Waals surface area contributed by atoms with Crippen molar-refractivity contribution >= 4 is 31.4 Å². The predicted molar refractivity (Wildman–Crippen MR) is 104 cm³/mol. The number of hydrogen-bond acceptors (Lipinski definition) is 1. The summed E-state index contributed by atoms with van der Waals surface area (Å²) in [6.45, 7) is 9.27. The maximum atomic E-state index is 4.66. The van der Waals surface area contributed by atoms with E-state index in [0.717, 1.165) is 29.8 Å². The molecule has 2 aromatic rings. The summed E-state index contributed by atoms with van der Waals surface area (Å²) in [6.07, 6.45) is 1.06. The van der Waals surface area contributed by atoms with Crippen molar-refractivity contribution < 1.29 is 0 Å². The highest BCUT2D eigenvalue weighted by molar-refractivity contribution is 7.22. The minimum atomic E-state index is 0.898. The van der Waals surface area contributed by atoms with Gasteiger partial charge in [-0.05, 0) is 62.1 Å². The summed E-state index contributed by atoms with van der Waals surface area (Å²) < 4.78 is 0. The van der Waals surface area contributed by atoms with E-state index in [9.17, 15) is 0 Å². The molecule has 1 aliphatic heterocycles. The van der Waals surface area contributed by atoms with E-state index in [-0.39, 0.29) is 0 Å². The lowest BCUT2D eigenvalue weighted by molar-refractivity contribution is 1.05. The van der Waals surface area contributed by atoms with Crippen molar-refractivity contribution in [1.82, 2.24) is 0 Å². The molecule has 23 heavy (non-hydrogen) atoms. The zero-order valence-electron chi connectivity index (χ0n) is 14.3. The zero-order chi connectivity index (χ0) is 16.6. The van der Waals surface area contributed by atoms with Gasteiger partial charge in [0.25, 0.3) is 0 Å². The van der Waals surface area contributed by atoms with E-state index >= 15 is 0 Å². The van der Waals surface area contributed by atoms with Gasteiger partial charge >= 0.3 is 0 Å². The van der Waals surface area contributed by atoms with Gasteiger partial charge < -0.3 is 4.90 Å². The fourth-order valence-electron chi connectivity index (χ4n) is 2.94. The average Bonchev–Trinajstić information content (AvgIpc) is 2.85. The number of nitrogens with zero attached hydrogens (tertiary/aromatic N) is 2. The standard InChI is InChI=1S/C20H23N2P/c1-5-15-7-8-16-12-22(20(23)18(16)10-15)17-9-6-14(4)19(11-17)21-13(2)3/h6-11,23H,5,12H2,1-4H3. The highest BCUT2D eigenvalue weighted by Gasteiger charge is 2.24. The second kappa shape index (κ2) is 6.29. The summed E-state index contributed by atoms with van der Waals surface area (Å²) >= 11 is 0. The van der Waals surface area contributed by atoms with Crippen molar-refractivity contribution in [2.24, 2.45) is 4.99 Å². The van der Waals surface area contributed by atoms with Crippen molar-refractivity contribution in [3.8, 4) is 0 Å². The van der Waals surface area contributed by atoms with Gasteiger partial charge in [-0.2, -0.15) is 0 Å². The van der Waals surface area contributed by atoms with Gasteiger partial charge in [0.2, 0.25) is 0 Å². The van der Waals surface area contributed by atoms with Crippen molar-refractivity contribution in [3.05, 3.63) is 58.7 Å². The zero-order valence-corrected chi connectivity index (χ0v) is 15.3. The Hall–Kier alpha value is -1.92. The molecule has 1 heterocycles. The smallest absolute Gasteiger partial charge is 0.0691 e. The van der Waals surface area contributed by atoms with Gasteiger partial charge in [0.15, 0.2) is 0 Å². The molecule has 0 aromatic heterocycles. The molecule has 118 valence electrons. The van der Waals surface area contributed by atoms with Crippen LogP contribution in [0, 0.1) is 6.92 Å². The Labute approximate surface area is 141 Å². The minimum absolute atomic E-state index is 0.898. The van der Waals surface area contributed by atoms with E-state index < -0.39 is 0 Å². The topological polar surface area (TPSA) is 15.6 Å². The molecule has 0 bridgehead atoms. The summed E-state index contributed by atoms with van der Waals surface area (Å²) in [5.41, 5.74) is 9.69. The molecule has 0 unspecified atom stereocenters. The Morgan fingerprint density at radius 2 is 1.96 bits per heavy atom. The molecule has 0 fully saturated rings. The van der Waals surface area contributed by atoms with Crippen LogP contribution in [0.5, 0.6) is 0 Å². The summed E-state index contributed by atoms with van der Waals surface area (Å²) in [7, 11) is 3.86. The molecule has 0 atom stereocenters. The summed E-state index contributed by atoms with van der Waals surface area (Å²) in [4.78, 5) is 6.97. The highest BCUT2D eigenvalue weighted by Crippen LogP contribution is 2.33. The van der Waals surface area contributed by atoms with Crippen LogP contribution in [0.2, 0.25) is 0 Å². The van der Waals surface area contributed by atoms with E-state index in [1.54, 1.807) is 0 Å². The monoisotopic (exact) mass is 322 g/mol. The molecule has 0 saturated heterocycles. The molecule has 0 spiro atoms. The third-order valence-electron chi connectivity index (χ3n) is 4.28. The fourth-order valence-corrected chi connectivity index (χ4v) is 3.38. The number of aryl methyl sites for hydroxylation is 2. The molecular weight excluding hydrogens is 299 g/mol. The average molecular weight is 322 g/mol. The van der Waals surface area contributed by atoms with Crippen LogP contribution in [0.25, 0.3) is 0 Å². The molecule has 0 saturated carbocycles. The van der Waals surface area contributed by atoms with Gasteiger partial charge in [-0.25, -0.2) is 0 Å². The summed E-state index contributed by atoms with van der Waals surface area (Å²) in [5, 5.41) is 0. The Bertz CT molecular complexity index is 801. The molecule has 0 amide bonds. The van der Waals surface area contributed by atoms with Crippen molar-refractivity contribution in [2.45, 2.75) is 40.7 Å². The second-order valence-corrected chi connectivity index (χ2v) is 6.78. The Kier molecular flexibility index (Phi) is 4.37. The van der Waals surface area contributed by atoms with Gasteiger partial charge in [0.1, 0.15) is 0 Å². The van der Waals surface area contributed by atoms with Crippen LogP contribution in [0.4, 0.5) is 11.4 Å².